The zero-order valence-electron chi connectivity index (χ0n) is 21.1. The molecule has 0 spiro atoms. The second kappa shape index (κ2) is 12.3. The summed E-state index contributed by atoms with van der Waals surface area (Å²) in [6.45, 7) is 3.98. The third-order valence-corrected chi connectivity index (χ3v) is 8.56. The fourth-order valence-electron chi connectivity index (χ4n) is 4.34. The van der Waals surface area contributed by atoms with E-state index in [-0.39, 0.29) is 12.2 Å². The normalized spacial score (nSPS) is 15.2. The van der Waals surface area contributed by atoms with Crippen LogP contribution in [0, 0.1) is 0 Å². The number of ether oxygens (including phenoxy) is 3. The number of halogens is 3. The first-order chi connectivity index (χ1) is 18.2. The molecule has 1 atom stereocenters. The number of allylic oxidation sites excluding steroid dienone is 1. The highest BCUT2D eigenvalue weighted by Gasteiger charge is 2.36. The van der Waals surface area contributed by atoms with Crippen LogP contribution >= 0.6 is 59.1 Å². The second-order valence-electron chi connectivity index (χ2n) is 8.32. The van der Waals surface area contributed by atoms with Crippen molar-refractivity contribution in [3.05, 3.63) is 85.8 Å². The molecule has 0 radical (unpaired) electrons. The number of nitrogens with zero attached hydrogens (tertiary/aromatic N) is 2. The molecule has 2 heterocycles. The van der Waals surface area contributed by atoms with Crippen LogP contribution in [0.4, 0.5) is 0 Å². The van der Waals surface area contributed by atoms with Crippen LogP contribution in [-0.2, 0) is 9.53 Å². The van der Waals surface area contributed by atoms with Gasteiger partial charge in [0.15, 0.2) is 4.80 Å². The Balaban J connectivity index is 2.04. The minimum atomic E-state index is -0.768. The number of carbonyl (C=O) groups excluding carboxylic acids is 1. The lowest BCUT2D eigenvalue weighted by atomic mass is 9.93. The van der Waals surface area contributed by atoms with Gasteiger partial charge in [-0.2, -0.15) is 0 Å². The molecule has 0 N–H and O–H groups in total. The highest BCUT2D eigenvalue weighted by atomic mass is 79.9. The van der Waals surface area contributed by atoms with Gasteiger partial charge in [0.1, 0.15) is 17.5 Å². The third-order valence-electron chi connectivity index (χ3n) is 5.90. The Morgan fingerprint density at radius 1 is 1.11 bits per heavy atom. The van der Waals surface area contributed by atoms with Crippen LogP contribution in [0.5, 0.6) is 11.5 Å². The molecular formula is C27H25Br3N2O5S. The summed E-state index contributed by atoms with van der Waals surface area (Å²) < 4.78 is 20.9. The van der Waals surface area contributed by atoms with E-state index in [2.05, 4.69) is 47.8 Å². The molecule has 0 amide bonds. The molecule has 0 saturated carbocycles. The molecule has 0 bridgehead atoms. The smallest absolute Gasteiger partial charge is 0.338 e. The van der Waals surface area contributed by atoms with E-state index in [4.69, 9.17) is 19.2 Å². The van der Waals surface area contributed by atoms with E-state index < -0.39 is 12.0 Å². The van der Waals surface area contributed by atoms with Crippen molar-refractivity contribution in [3.8, 4) is 11.5 Å². The minimum Gasteiger partial charge on any atom is -0.496 e. The van der Waals surface area contributed by atoms with Gasteiger partial charge in [-0.05, 0) is 87.2 Å². The summed E-state index contributed by atoms with van der Waals surface area (Å²) in [7, 11) is 3.16. The average Bonchev–Trinajstić information content (AvgIpc) is 3.17. The van der Waals surface area contributed by atoms with Crippen LogP contribution in [0.1, 0.15) is 43.9 Å². The maximum absolute atomic E-state index is 14.0. The molecule has 0 unspecified atom stereocenters. The molecule has 200 valence electrons. The van der Waals surface area contributed by atoms with Crippen LogP contribution in [-0.4, -0.2) is 31.4 Å². The number of carbonyl (C=O) groups is 1. The summed E-state index contributed by atoms with van der Waals surface area (Å²) in [6.07, 6.45) is 3.14. The lowest BCUT2D eigenvalue weighted by molar-refractivity contribution is -0.139. The molecule has 2 aromatic carbocycles. The fraction of sp³-hybridized carbons (Fsp3) is 0.296. The van der Waals surface area contributed by atoms with Crippen LogP contribution in [0.2, 0.25) is 0 Å². The first-order valence-electron chi connectivity index (χ1n) is 11.8. The van der Waals surface area contributed by atoms with Gasteiger partial charge in [0, 0.05) is 10.0 Å². The molecule has 7 nitrogen and oxygen atoms in total. The number of esters is 1. The van der Waals surface area contributed by atoms with Crippen LogP contribution in [0.25, 0.3) is 6.08 Å². The Labute approximate surface area is 249 Å². The van der Waals surface area contributed by atoms with Crippen molar-refractivity contribution in [1.29, 1.82) is 0 Å². The van der Waals surface area contributed by atoms with E-state index >= 15 is 0 Å². The van der Waals surface area contributed by atoms with Gasteiger partial charge in [-0.3, -0.25) is 9.36 Å². The molecule has 0 fully saturated rings. The first-order valence-corrected chi connectivity index (χ1v) is 15.0. The molecule has 38 heavy (non-hydrogen) atoms. The SMILES string of the molecule is CCCC1=C(C(=O)OCC)[C@@H](c2cc(Br)ccc2OC)n2c(s/c(=C/c3cc(Br)c(OC)c(Br)c3)c2=O)=N1. The highest BCUT2D eigenvalue weighted by Crippen LogP contribution is 2.38. The average molecular weight is 729 g/mol. The zero-order valence-corrected chi connectivity index (χ0v) is 26.7. The second-order valence-corrected chi connectivity index (χ2v) is 12.0. The molecule has 1 aromatic heterocycles. The summed E-state index contributed by atoms with van der Waals surface area (Å²) in [5, 5.41) is 0. The fourth-order valence-corrected chi connectivity index (χ4v) is 7.29. The Morgan fingerprint density at radius 2 is 1.82 bits per heavy atom. The number of fused-ring (bicyclic) bond motifs is 1. The quantitative estimate of drug-likeness (QED) is 0.271. The van der Waals surface area contributed by atoms with Gasteiger partial charge in [0.2, 0.25) is 0 Å². The van der Waals surface area contributed by atoms with Gasteiger partial charge in [0.05, 0.1) is 45.6 Å². The van der Waals surface area contributed by atoms with E-state index in [1.165, 1.54) is 11.3 Å². The number of thiazole rings is 1. The van der Waals surface area contributed by atoms with E-state index in [9.17, 15) is 9.59 Å². The van der Waals surface area contributed by atoms with Crippen molar-refractivity contribution < 1.29 is 19.0 Å². The first kappa shape index (κ1) is 28.8. The van der Waals surface area contributed by atoms with Crippen molar-refractivity contribution in [2.24, 2.45) is 4.99 Å². The Bertz CT molecular complexity index is 1590. The van der Waals surface area contributed by atoms with E-state index in [0.717, 1.165) is 25.4 Å². The number of rotatable bonds is 8. The molecular weight excluding hydrogens is 704 g/mol. The Morgan fingerprint density at radius 3 is 2.42 bits per heavy atom. The van der Waals surface area contributed by atoms with Crippen molar-refractivity contribution in [2.75, 3.05) is 20.8 Å². The molecule has 1 aliphatic heterocycles. The predicted molar refractivity (Wildman–Crippen MR) is 159 cm³/mol. The maximum Gasteiger partial charge on any atom is 0.338 e. The minimum absolute atomic E-state index is 0.204. The van der Waals surface area contributed by atoms with Gasteiger partial charge in [-0.15, -0.1) is 0 Å². The number of hydrogen-bond donors (Lipinski definition) is 0. The molecule has 3 aromatic rings. The number of benzene rings is 2. The van der Waals surface area contributed by atoms with Gasteiger partial charge in [-0.1, -0.05) is 40.6 Å². The predicted octanol–water partition coefficient (Wildman–Crippen LogP) is 5.88. The maximum atomic E-state index is 14.0. The van der Waals surface area contributed by atoms with E-state index in [1.807, 2.05) is 43.3 Å². The van der Waals surface area contributed by atoms with Crippen molar-refractivity contribution in [3.63, 3.8) is 0 Å². The summed E-state index contributed by atoms with van der Waals surface area (Å²) >= 11 is 11.9. The molecule has 1 aliphatic rings. The van der Waals surface area contributed by atoms with Gasteiger partial charge in [-0.25, -0.2) is 9.79 Å². The van der Waals surface area contributed by atoms with Crippen LogP contribution in [0.15, 0.2) is 64.8 Å². The standard InChI is InChI=1S/C27H25Br3N2O5S/c1-5-7-19-22(26(34)37-6-2)23(16-13-15(28)8-9-20(16)35-3)32-25(33)21(38-27(32)31-19)12-14-10-17(29)24(36-4)18(30)11-14/h8-13,23H,5-7H2,1-4H3/b21-12+/t23-/m1/s1. The van der Waals surface area contributed by atoms with Crippen molar-refractivity contribution >= 4 is 71.2 Å². The lowest BCUT2D eigenvalue weighted by Gasteiger charge is -2.27. The highest BCUT2D eigenvalue weighted by molar-refractivity contribution is 9.11. The van der Waals surface area contributed by atoms with Crippen LogP contribution in [0.3, 0.4) is 0 Å². The Hall–Kier alpha value is -2.21. The largest absolute Gasteiger partial charge is 0.496 e. The monoisotopic (exact) mass is 726 g/mol. The topological polar surface area (TPSA) is 79.1 Å². The molecule has 4 rings (SSSR count). The number of aromatic nitrogens is 1. The molecule has 11 heteroatoms. The zero-order chi connectivity index (χ0) is 27.6. The molecule has 0 saturated heterocycles. The number of methoxy groups -OCH3 is 2. The summed E-state index contributed by atoms with van der Waals surface area (Å²) in [5.74, 6) is 0.716. The van der Waals surface area contributed by atoms with Gasteiger partial charge >= 0.3 is 5.97 Å². The van der Waals surface area contributed by atoms with Gasteiger partial charge in [0.25, 0.3) is 5.56 Å². The lowest BCUT2D eigenvalue weighted by Crippen LogP contribution is -2.40. The van der Waals surface area contributed by atoms with Gasteiger partial charge < -0.3 is 14.2 Å². The molecule has 0 aliphatic carbocycles. The van der Waals surface area contributed by atoms with E-state index in [0.29, 0.717) is 44.1 Å². The summed E-state index contributed by atoms with van der Waals surface area (Å²) in [5.41, 5.74) is 2.15. The van der Waals surface area contributed by atoms with E-state index in [1.54, 1.807) is 25.7 Å². The van der Waals surface area contributed by atoms with Crippen molar-refractivity contribution in [1.82, 2.24) is 4.57 Å². The Kier molecular flexibility index (Phi) is 9.33. The van der Waals surface area contributed by atoms with Crippen molar-refractivity contribution in [2.45, 2.75) is 32.7 Å². The summed E-state index contributed by atoms with van der Waals surface area (Å²) in [6, 6.07) is 8.52. The third kappa shape index (κ3) is 5.57. The van der Waals surface area contributed by atoms with Crippen LogP contribution < -0.4 is 24.4 Å². The summed E-state index contributed by atoms with van der Waals surface area (Å²) in [4.78, 5) is 32.7. The number of hydrogen-bond acceptors (Lipinski definition) is 7.